The Morgan fingerprint density at radius 3 is 2.50 bits per heavy atom. The van der Waals surface area contributed by atoms with E-state index in [0.29, 0.717) is 24.2 Å². The van der Waals surface area contributed by atoms with Crippen LogP contribution in [0.4, 0.5) is 5.69 Å². The summed E-state index contributed by atoms with van der Waals surface area (Å²) in [5.41, 5.74) is 4.72. The van der Waals surface area contributed by atoms with Gasteiger partial charge in [0.15, 0.2) is 6.61 Å². The number of ether oxygens (including phenoxy) is 1. The molecule has 6 heteroatoms. The number of piperazine rings is 1. The standard InChI is InChI=1S/C24H25N3O3/c1-17-6-3-10-21(18(17)2)26-12-14-27(15-13-26)22(28)16-30-24(29)20-9-4-7-19-8-5-11-25-23(19)20/h3-11H,12-16H2,1-2H3. The number of rotatable bonds is 4. The molecule has 2 heterocycles. The monoisotopic (exact) mass is 403 g/mol. The Kier molecular flexibility index (Phi) is 5.65. The minimum Gasteiger partial charge on any atom is -0.452 e. The largest absolute Gasteiger partial charge is 0.452 e. The number of pyridine rings is 1. The van der Waals surface area contributed by atoms with Gasteiger partial charge in [0, 0.05) is 43.4 Å². The molecular formula is C24H25N3O3. The summed E-state index contributed by atoms with van der Waals surface area (Å²) < 4.78 is 5.31. The number of anilines is 1. The van der Waals surface area contributed by atoms with E-state index < -0.39 is 5.97 Å². The summed E-state index contributed by atoms with van der Waals surface area (Å²) >= 11 is 0. The number of esters is 1. The molecule has 3 aromatic rings. The number of fused-ring (bicyclic) bond motifs is 1. The number of aryl methyl sites for hydroxylation is 1. The molecule has 4 rings (SSSR count). The number of hydrogen-bond donors (Lipinski definition) is 0. The molecule has 1 aromatic heterocycles. The molecule has 1 saturated heterocycles. The summed E-state index contributed by atoms with van der Waals surface area (Å²) in [5, 5.41) is 0.862. The molecule has 6 nitrogen and oxygen atoms in total. The number of para-hydroxylation sites is 1. The highest BCUT2D eigenvalue weighted by molar-refractivity contribution is 6.03. The van der Waals surface area contributed by atoms with Crippen molar-refractivity contribution in [1.82, 2.24) is 9.88 Å². The number of benzene rings is 2. The van der Waals surface area contributed by atoms with Crippen molar-refractivity contribution in [2.24, 2.45) is 0 Å². The summed E-state index contributed by atoms with van der Waals surface area (Å²) in [4.78, 5) is 33.4. The normalized spacial score (nSPS) is 14.1. The van der Waals surface area contributed by atoms with Crippen LogP contribution in [0.25, 0.3) is 10.9 Å². The highest BCUT2D eigenvalue weighted by atomic mass is 16.5. The van der Waals surface area contributed by atoms with E-state index in [4.69, 9.17) is 4.74 Å². The van der Waals surface area contributed by atoms with Crippen molar-refractivity contribution in [1.29, 1.82) is 0 Å². The van der Waals surface area contributed by atoms with Crippen molar-refractivity contribution in [2.45, 2.75) is 13.8 Å². The van der Waals surface area contributed by atoms with Crippen molar-refractivity contribution >= 4 is 28.5 Å². The first-order valence-electron chi connectivity index (χ1n) is 10.1. The molecule has 30 heavy (non-hydrogen) atoms. The Balaban J connectivity index is 1.34. The van der Waals surface area contributed by atoms with Gasteiger partial charge in [0.1, 0.15) is 0 Å². The number of carbonyl (C=O) groups is 2. The number of aromatic nitrogens is 1. The molecule has 0 spiro atoms. The van der Waals surface area contributed by atoms with Crippen LogP contribution in [0.5, 0.6) is 0 Å². The minimum atomic E-state index is -0.526. The van der Waals surface area contributed by atoms with E-state index in [9.17, 15) is 9.59 Å². The van der Waals surface area contributed by atoms with Crippen LogP contribution in [0.15, 0.2) is 54.7 Å². The topological polar surface area (TPSA) is 62.7 Å². The van der Waals surface area contributed by atoms with E-state index in [1.54, 1.807) is 23.2 Å². The molecule has 1 fully saturated rings. The second-order valence-corrected chi connectivity index (χ2v) is 7.54. The third kappa shape index (κ3) is 3.99. The van der Waals surface area contributed by atoms with Crippen LogP contribution in [0.3, 0.4) is 0 Å². The lowest BCUT2D eigenvalue weighted by molar-refractivity contribution is -0.134. The molecule has 154 valence electrons. The van der Waals surface area contributed by atoms with E-state index in [2.05, 4.69) is 41.9 Å². The summed E-state index contributed by atoms with van der Waals surface area (Å²) in [6.45, 7) is 6.72. The molecule has 0 N–H and O–H groups in total. The first-order valence-corrected chi connectivity index (χ1v) is 10.1. The van der Waals surface area contributed by atoms with Gasteiger partial charge in [-0.1, -0.05) is 30.3 Å². The lowest BCUT2D eigenvalue weighted by Crippen LogP contribution is -2.50. The zero-order valence-electron chi connectivity index (χ0n) is 17.3. The van der Waals surface area contributed by atoms with Crippen molar-refractivity contribution < 1.29 is 14.3 Å². The maximum atomic E-state index is 12.6. The van der Waals surface area contributed by atoms with Gasteiger partial charge in [-0.15, -0.1) is 0 Å². The van der Waals surface area contributed by atoms with Crippen LogP contribution in [0.2, 0.25) is 0 Å². The van der Waals surface area contributed by atoms with Gasteiger partial charge in [0.2, 0.25) is 0 Å². The second-order valence-electron chi connectivity index (χ2n) is 7.54. The fraction of sp³-hybridized carbons (Fsp3) is 0.292. The molecular weight excluding hydrogens is 378 g/mol. The van der Waals surface area contributed by atoms with Gasteiger partial charge in [-0.2, -0.15) is 0 Å². The Bertz CT molecular complexity index is 1080. The molecule has 0 radical (unpaired) electrons. The second kappa shape index (κ2) is 8.53. The molecule has 1 aliphatic rings. The predicted molar refractivity (Wildman–Crippen MR) is 117 cm³/mol. The van der Waals surface area contributed by atoms with Gasteiger partial charge in [-0.25, -0.2) is 4.79 Å². The van der Waals surface area contributed by atoms with Crippen molar-refractivity contribution in [3.63, 3.8) is 0 Å². The summed E-state index contributed by atoms with van der Waals surface area (Å²) in [7, 11) is 0. The Morgan fingerprint density at radius 1 is 0.967 bits per heavy atom. The number of nitrogens with zero attached hydrogens (tertiary/aromatic N) is 3. The third-order valence-electron chi connectivity index (χ3n) is 5.73. The van der Waals surface area contributed by atoms with Gasteiger partial charge < -0.3 is 14.5 Å². The fourth-order valence-corrected chi connectivity index (χ4v) is 3.84. The Morgan fingerprint density at radius 2 is 1.70 bits per heavy atom. The molecule has 0 aliphatic carbocycles. The highest BCUT2D eigenvalue weighted by Gasteiger charge is 2.23. The van der Waals surface area contributed by atoms with E-state index in [0.717, 1.165) is 18.5 Å². The predicted octanol–water partition coefficient (Wildman–Crippen LogP) is 3.36. The minimum absolute atomic E-state index is 0.169. The van der Waals surface area contributed by atoms with Crippen LogP contribution in [0.1, 0.15) is 21.5 Å². The van der Waals surface area contributed by atoms with Crippen LogP contribution in [0, 0.1) is 13.8 Å². The molecule has 1 aliphatic heterocycles. The number of amides is 1. The van der Waals surface area contributed by atoms with Crippen LogP contribution in [-0.2, 0) is 9.53 Å². The summed E-state index contributed by atoms with van der Waals surface area (Å²) in [5.74, 6) is -0.696. The summed E-state index contributed by atoms with van der Waals surface area (Å²) in [6, 6.07) is 15.4. The van der Waals surface area contributed by atoms with Gasteiger partial charge >= 0.3 is 5.97 Å². The highest BCUT2D eigenvalue weighted by Crippen LogP contribution is 2.24. The smallest absolute Gasteiger partial charge is 0.340 e. The van der Waals surface area contributed by atoms with Gasteiger partial charge in [-0.3, -0.25) is 9.78 Å². The number of hydrogen-bond acceptors (Lipinski definition) is 5. The first kappa shape index (κ1) is 19.9. The van der Waals surface area contributed by atoms with Crippen molar-refractivity contribution in [3.8, 4) is 0 Å². The molecule has 0 unspecified atom stereocenters. The van der Waals surface area contributed by atoms with E-state index in [1.807, 2.05) is 18.2 Å². The van der Waals surface area contributed by atoms with Crippen molar-refractivity contribution in [2.75, 3.05) is 37.7 Å². The van der Waals surface area contributed by atoms with E-state index in [1.165, 1.54) is 16.8 Å². The van der Waals surface area contributed by atoms with Gasteiger partial charge in [0.25, 0.3) is 5.91 Å². The maximum absolute atomic E-state index is 12.6. The van der Waals surface area contributed by atoms with Crippen LogP contribution < -0.4 is 4.90 Å². The quantitative estimate of drug-likeness (QED) is 0.625. The van der Waals surface area contributed by atoms with E-state index in [-0.39, 0.29) is 12.5 Å². The zero-order valence-corrected chi connectivity index (χ0v) is 17.3. The number of carbonyl (C=O) groups excluding carboxylic acids is 2. The van der Waals surface area contributed by atoms with Crippen LogP contribution in [-0.4, -0.2) is 54.5 Å². The van der Waals surface area contributed by atoms with Gasteiger partial charge in [-0.05, 0) is 43.2 Å². The molecule has 0 bridgehead atoms. The first-order chi connectivity index (χ1) is 14.5. The average molecular weight is 403 g/mol. The SMILES string of the molecule is Cc1cccc(N2CCN(C(=O)COC(=O)c3cccc4cccnc34)CC2)c1C. The van der Waals surface area contributed by atoms with Crippen LogP contribution >= 0.6 is 0 Å². The van der Waals surface area contributed by atoms with Gasteiger partial charge in [0.05, 0.1) is 11.1 Å². The Hall–Kier alpha value is -3.41. The van der Waals surface area contributed by atoms with E-state index >= 15 is 0 Å². The maximum Gasteiger partial charge on any atom is 0.340 e. The average Bonchev–Trinajstić information content (AvgIpc) is 2.79. The lowest BCUT2D eigenvalue weighted by Gasteiger charge is -2.37. The lowest BCUT2D eigenvalue weighted by atomic mass is 10.1. The van der Waals surface area contributed by atoms with Crippen molar-refractivity contribution in [3.05, 3.63) is 71.4 Å². The third-order valence-corrected chi connectivity index (χ3v) is 5.73. The molecule has 1 amide bonds. The fourth-order valence-electron chi connectivity index (χ4n) is 3.84. The molecule has 0 atom stereocenters. The summed E-state index contributed by atoms with van der Waals surface area (Å²) in [6.07, 6.45) is 1.64. The molecule has 2 aromatic carbocycles. The molecule has 0 saturated carbocycles. The Labute approximate surface area is 176 Å². The zero-order chi connectivity index (χ0) is 21.1.